The van der Waals surface area contributed by atoms with Crippen LogP contribution >= 0.6 is 11.3 Å². The van der Waals surface area contributed by atoms with Crippen molar-refractivity contribution in [1.29, 1.82) is 0 Å². The molecule has 2 amide bonds. The highest BCUT2D eigenvalue weighted by Gasteiger charge is 2.24. The van der Waals surface area contributed by atoms with Crippen LogP contribution in [0.25, 0.3) is 10.2 Å². The number of carbonyl (C=O) groups is 3. The number of aromatic nitrogens is 2. The van der Waals surface area contributed by atoms with Gasteiger partial charge in [0.25, 0.3) is 5.91 Å². The summed E-state index contributed by atoms with van der Waals surface area (Å²) in [7, 11) is 1.77. The maximum Gasteiger partial charge on any atom is 0.328 e. The number of fused-ring (bicyclic) bond motifs is 1. The van der Waals surface area contributed by atoms with Crippen LogP contribution in [0.3, 0.4) is 0 Å². The molecule has 2 rings (SSSR count). The van der Waals surface area contributed by atoms with E-state index in [1.807, 2.05) is 12.2 Å². The van der Waals surface area contributed by atoms with Gasteiger partial charge in [0.2, 0.25) is 5.91 Å². The van der Waals surface area contributed by atoms with Gasteiger partial charge in [-0.15, -0.1) is 11.3 Å². The van der Waals surface area contributed by atoms with Crippen LogP contribution in [0, 0.1) is 6.92 Å². The Morgan fingerprint density at radius 1 is 1.42 bits per heavy atom. The molecule has 2 heterocycles. The summed E-state index contributed by atoms with van der Waals surface area (Å²) in [4.78, 5) is 36.0. The van der Waals surface area contributed by atoms with E-state index in [0.717, 1.165) is 15.9 Å². The molecule has 0 aliphatic rings. The zero-order chi connectivity index (χ0) is 18.0. The van der Waals surface area contributed by atoms with Crippen molar-refractivity contribution < 1.29 is 23.9 Å². The lowest BCUT2D eigenvalue weighted by Gasteiger charge is -2.16. The molecule has 130 valence electrons. The Morgan fingerprint density at radius 2 is 2.08 bits per heavy atom. The predicted octanol–water partition coefficient (Wildman–Crippen LogP) is 0.600. The van der Waals surface area contributed by atoms with E-state index in [1.54, 1.807) is 17.8 Å². The van der Waals surface area contributed by atoms with Crippen molar-refractivity contribution in [3.63, 3.8) is 0 Å². The van der Waals surface area contributed by atoms with Crippen LogP contribution in [-0.4, -0.2) is 51.4 Å². The Labute approximate surface area is 140 Å². The third kappa shape index (κ3) is 3.53. The van der Waals surface area contributed by atoms with Gasteiger partial charge in [0.1, 0.15) is 17.5 Å². The quantitative estimate of drug-likeness (QED) is 0.701. The SMILES string of the molecule is Cc1nn(C)c2sc(C(=O)NC(C)C(=O)NC(CF)C(=O)O)cc12. The molecule has 0 spiro atoms. The van der Waals surface area contributed by atoms with E-state index in [1.165, 1.54) is 18.3 Å². The molecule has 0 fully saturated rings. The molecule has 0 aliphatic heterocycles. The zero-order valence-corrected chi connectivity index (χ0v) is 14.1. The first-order valence-electron chi connectivity index (χ1n) is 7.07. The summed E-state index contributed by atoms with van der Waals surface area (Å²) in [6.07, 6.45) is 0. The maximum absolute atomic E-state index is 12.5. The second-order valence-corrected chi connectivity index (χ2v) is 6.32. The Bertz CT molecular complexity index is 766. The Balaban J connectivity index is 2.05. The number of hydrogen-bond acceptors (Lipinski definition) is 5. The number of carboxylic acids is 1. The van der Waals surface area contributed by atoms with Crippen LogP contribution in [0.5, 0.6) is 0 Å². The number of alkyl halides is 1. The van der Waals surface area contributed by atoms with Crippen molar-refractivity contribution >= 4 is 39.3 Å². The molecule has 0 bridgehead atoms. The fourth-order valence-electron chi connectivity index (χ4n) is 2.11. The molecular weight excluding hydrogens is 339 g/mol. The lowest BCUT2D eigenvalue weighted by molar-refractivity contribution is -0.142. The molecule has 0 saturated carbocycles. The summed E-state index contributed by atoms with van der Waals surface area (Å²) in [6.45, 7) is 1.99. The number of carboxylic acid groups (broad SMARTS) is 1. The van der Waals surface area contributed by atoms with E-state index in [9.17, 15) is 18.8 Å². The Hall–Kier alpha value is -2.49. The maximum atomic E-state index is 12.5. The monoisotopic (exact) mass is 356 g/mol. The van der Waals surface area contributed by atoms with Crippen molar-refractivity contribution in [1.82, 2.24) is 20.4 Å². The molecular formula is C14H17FN4O4S. The number of aryl methyl sites for hydroxylation is 2. The van der Waals surface area contributed by atoms with Crippen molar-refractivity contribution in [2.45, 2.75) is 25.9 Å². The second kappa shape index (κ2) is 6.95. The van der Waals surface area contributed by atoms with Gasteiger partial charge >= 0.3 is 5.97 Å². The van der Waals surface area contributed by atoms with E-state index < -0.39 is 36.5 Å². The highest BCUT2D eigenvalue weighted by molar-refractivity contribution is 7.20. The van der Waals surface area contributed by atoms with E-state index in [0.29, 0.717) is 4.88 Å². The number of hydrogen-bond donors (Lipinski definition) is 3. The van der Waals surface area contributed by atoms with Gasteiger partial charge in [-0.25, -0.2) is 9.18 Å². The minimum atomic E-state index is -1.63. The Morgan fingerprint density at radius 3 is 2.62 bits per heavy atom. The first-order chi connectivity index (χ1) is 11.2. The second-order valence-electron chi connectivity index (χ2n) is 5.29. The average Bonchev–Trinajstić information content (AvgIpc) is 3.06. The summed E-state index contributed by atoms with van der Waals surface area (Å²) in [6, 6.07) is -0.950. The average molecular weight is 356 g/mol. The molecule has 24 heavy (non-hydrogen) atoms. The van der Waals surface area contributed by atoms with Gasteiger partial charge in [0.05, 0.1) is 10.6 Å². The Kier molecular flexibility index (Phi) is 5.17. The number of carbonyl (C=O) groups excluding carboxylic acids is 2. The summed E-state index contributed by atoms with van der Waals surface area (Å²) >= 11 is 1.23. The van der Waals surface area contributed by atoms with Crippen molar-refractivity contribution in [2.24, 2.45) is 7.05 Å². The van der Waals surface area contributed by atoms with Crippen LogP contribution < -0.4 is 10.6 Å². The number of nitrogens with zero attached hydrogens (tertiary/aromatic N) is 2. The van der Waals surface area contributed by atoms with E-state index in [-0.39, 0.29) is 0 Å². The molecule has 2 atom stereocenters. The van der Waals surface area contributed by atoms with E-state index in [4.69, 9.17) is 5.11 Å². The van der Waals surface area contributed by atoms with Crippen molar-refractivity contribution in [3.8, 4) is 0 Å². The third-order valence-corrected chi connectivity index (χ3v) is 4.63. The van der Waals surface area contributed by atoms with Crippen LogP contribution in [0.15, 0.2) is 6.07 Å². The topological polar surface area (TPSA) is 113 Å². The molecule has 3 N–H and O–H groups in total. The van der Waals surface area contributed by atoms with Gasteiger partial charge in [-0.2, -0.15) is 5.10 Å². The van der Waals surface area contributed by atoms with Gasteiger partial charge in [-0.3, -0.25) is 14.3 Å². The number of thiophene rings is 1. The van der Waals surface area contributed by atoms with Crippen molar-refractivity contribution in [2.75, 3.05) is 6.67 Å². The molecule has 2 unspecified atom stereocenters. The smallest absolute Gasteiger partial charge is 0.328 e. The molecule has 2 aromatic rings. The highest BCUT2D eigenvalue weighted by atomic mass is 32.1. The predicted molar refractivity (Wildman–Crippen MR) is 85.8 cm³/mol. The lowest BCUT2D eigenvalue weighted by Crippen LogP contribution is -2.51. The van der Waals surface area contributed by atoms with Gasteiger partial charge in [0.15, 0.2) is 6.04 Å². The summed E-state index contributed by atoms with van der Waals surface area (Å²) in [5, 5.41) is 18.3. The lowest BCUT2D eigenvalue weighted by atomic mass is 10.2. The summed E-state index contributed by atoms with van der Waals surface area (Å²) in [5.41, 5.74) is 0.792. The minimum absolute atomic E-state index is 0.404. The fraction of sp³-hybridized carbons (Fsp3) is 0.429. The molecule has 0 aliphatic carbocycles. The first kappa shape index (κ1) is 17.9. The fourth-order valence-corrected chi connectivity index (χ4v) is 3.14. The van der Waals surface area contributed by atoms with Crippen molar-refractivity contribution in [3.05, 3.63) is 16.6 Å². The molecule has 8 nitrogen and oxygen atoms in total. The zero-order valence-electron chi connectivity index (χ0n) is 13.3. The number of aliphatic carboxylic acids is 1. The largest absolute Gasteiger partial charge is 0.480 e. The third-order valence-electron chi connectivity index (χ3n) is 3.43. The van der Waals surface area contributed by atoms with E-state index in [2.05, 4.69) is 10.4 Å². The molecule has 10 heteroatoms. The van der Waals surface area contributed by atoms with Gasteiger partial charge in [0, 0.05) is 12.4 Å². The van der Waals surface area contributed by atoms with E-state index >= 15 is 0 Å². The summed E-state index contributed by atoms with van der Waals surface area (Å²) in [5.74, 6) is -2.71. The standard InChI is InChI=1S/C14H17FN4O4S/c1-6-8-4-10(24-13(8)19(3)18-6)12(21)16-7(2)11(20)17-9(5-15)14(22)23/h4,7,9H,5H2,1-3H3,(H,16,21)(H,17,20)(H,22,23). The van der Waals surface area contributed by atoms with Crippen LogP contribution in [0.2, 0.25) is 0 Å². The van der Waals surface area contributed by atoms with Crippen LogP contribution in [-0.2, 0) is 16.6 Å². The molecule has 0 radical (unpaired) electrons. The van der Waals surface area contributed by atoms with Gasteiger partial charge in [-0.05, 0) is 19.9 Å². The van der Waals surface area contributed by atoms with Crippen LogP contribution in [0.1, 0.15) is 22.3 Å². The highest BCUT2D eigenvalue weighted by Crippen LogP contribution is 2.27. The van der Waals surface area contributed by atoms with Gasteiger partial charge < -0.3 is 15.7 Å². The van der Waals surface area contributed by atoms with Crippen LogP contribution in [0.4, 0.5) is 4.39 Å². The molecule has 2 aromatic heterocycles. The summed E-state index contributed by atoms with van der Waals surface area (Å²) < 4.78 is 14.2. The first-order valence-corrected chi connectivity index (χ1v) is 7.89. The molecule has 0 aromatic carbocycles. The number of nitrogens with one attached hydrogen (secondary N) is 2. The number of rotatable bonds is 6. The van der Waals surface area contributed by atoms with Gasteiger partial charge in [-0.1, -0.05) is 0 Å². The normalized spacial score (nSPS) is 13.5. The number of halogens is 1. The number of amides is 2. The minimum Gasteiger partial charge on any atom is -0.480 e. The molecule has 0 saturated heterocycles.